The Morgan fingerprint density at radius 1 is 1.04 bits per heavy atom. The molecule has 0 bridgehead atoms. The highest BCUT2D eigenvalue weighted by Crippen LogP contribution is 2.23. The standard InChI is InChI=1S/C21H28N4O3/c26-19(10-14-25-15-11-20(27)23-21(25)28)22-16-18(17-8-4-3-5-9-17)24-12-6-1-2-7-13-24/h3-5,8-9,11,15,18H,1-2,6-7,10,12-14,16H2,(H,22,26)(H,23,27,28). The molecule has 1 aromatic carbocycles. The van der Waals surface area contributed by atoms with Crippen molar-refractivity contribution in [1.82, 2.24) is 19.8 Å². The molecule has 150 valence electrons. The number of likely N-dealkylation sites (tertiary alicyclic amines) is 1. The smallest absolute Gasteiger partial charge is 0.328 e. The van der Waals surface area contributed by atoms with Gasteiger partial charge < -0.3 is 9.88 Å². The molecule has 1 fully saturated rings. The van der Waals surface area contributed by atoms with Crippen molar-refractivity contribution >= 4 is 5.91 Å². The molecule has 1 aliphatic heterocycles. The molecule has 2 aromatic rings. The predicted molar refractivity (Wildman–Crippen MR) is 108 cm³/mol. The molecule has 0 radical (unpaired) electrons. The third-order valence-electron chi connectivity index (χ3n) is 5.23. The van der Waals surface area contributed by atoms with Gasteiger partial charge in [0.25, 0.3) is 5.56 Å². The van der Waals surface area contributed by atoms with Crippen LogP contribution < -0.4 is 16.6 Å². The summed E-state index contributed by atoms with van der Waals surface area (Å²) in [4.78, 5) is 39.9. The SMILES string of the molecule is O=C(CCn1ccc(=O)[nH]c1=O)NCC(c1ccccc1)N1CCCCCC1. The van der Waals surface area contributed by atoms with Gasteiger partial charge in [0.15, 0.2) is 0 Å². The van der Waals surface area contributed by atoms with Crippen LogP contribution in [0.2, 0.25) is 0 Å². The van der Waals surface area contributed by atoms with Gasteiger partial charge in [-0.3, -0.25) is 19.5 Å². The minimum Gasteiger partial charge on any atom is -0.354 e. The van der Waals surface area contributed by atoms with Crippen LogP contribution in [0.3, 0.4) is 0 Å². The lowest BCUT2D eigenvalue weighted by Crippen LogP contribution is -2.39. The summed E-state index contributed by atoms with van der Waals surface area (Å²) < 4.78 is 1.34. The van der Waals surface area contributed by atoms with Crippen molar-refractivity contribution in [1.29, 1.82) is 0 Å². The average molecular weight is 384 g/mol. The molecule has 1 atom stereocenters. The van der Waals surface area contributed by atoms with Crippen molar-refractivity contribution in [3.8, 4) is 0 Å². The van der Waals surface area contributed by atoms with Gasteiger partial charge in [0.2, 0.25) is 5.91 Å². The van der Waals surface area contributed by atoms with Gasteiger partial charge in [0.05, 0.1) is 6.04 Å². The number of amides is 1. The van der Waals surface area contributed by atoms with E-state index in [1.165, 1.54) is 48.1 Å². The van der Waals surface area contributed by atoms with E-state index in [-0.39, 0.29) is 24.9 Å². The first-order chi connectivity index (χ1) is 13.6. The topological polar surface area (TPSA) is 87.2 Å². The molecular weight excluding hydrogens is 356 g/mol. The maximum atomic E-state index is 12.4. The summed E-state index contributed by atoms with van der Waals surface area (Å²) in [5.41, 5.74) is 0.280. The van der Waals surface area contributed by atoms with E-state index in [1.54, 1.807) is 0 Å². The van der Waals surface area contributed by atoms with Crippen molar-refractivity contribution < 1.29 is 4.79 Å². The fourth-order valence-electron chi connectivity index (χ4n) is 3.68. The quantitative estimate of drug-likeness (QED) is 0.760. The maximum absolute atomic E-state index is 12.4. The van der Waals surface area contributed by atoms with Crippen LogP contribution in [0.4, 0.5) is 0 Å². The van der Waals surface area contributed by atoms with E-state index in [4.69, 9.17) is 0 Å². The highest BCUT2D eigenvalue weighted by atomic mass is 16.2. The van der Waals surface area contributed by atoms with Gasteiger partial charge in [0.1, 0.15) is 0 Å². The van der Waals surface area contributed by atoms with Crippen molar-refractivity contribution in [3.05, 3.63) is 69.0 Å². The summed E-state index contributed by atoms with van der Waals surface area (Å²) in [6, 6.07) is 11.7. The number of aromatic nitrogens is 2. The summed E-state index contributed by atoms with van der Waals surface area (Å²) in [7, 11) is 0. The van der Waals surface area contributed by atoms with Gasteiger partial charge >= 0.3 is 5.69 Å². The fourth-order valence-corrected chi connectivity index (χ4v) is 3.68. The number of aryl methyl sites for hydroxylation is 1. The van der Waals surface area contributed by atoms with Crippen LogP contribution in [0.1, 0.15) is 43.7 Å². The van der Waals surface area contributed by atoms with E-state index in [0.29, 0.717) is 6.54 Å². The molecule has 2 N–H and O–H groups in total. The minimum atomic E-state index is -0.493. The van der Waals surface area contributed by atoms with Crippen molar-refractivity contribution in [2.75, 3.05) is 19.6 Å². The molecular formula is C21H28N4O3. The Balaban J connectivity index is 1.60. The monoisotopic (exact) mass is 384 g/mol. The third-order valence-corrected chi connectivity index (χ3v) is 5.23. The van der Waals surface area contributed by atoms with Crippen LogP contribution in [-0.2, 0) is 11.3 Å². The largest absolute Gasteiger partial charge is 0.354 e. The number of carbonyl (C=O) groups is 1. The Morgan fingerprint density at radius 2 is 1.75 bits per heavy atom. The van der Waals surface area contributed by atoms with Gasteiger partial charge in [-0.15, -0.1) is 0 Å². The summed E-state index contributed by atoms with van der Waals surface area (Å²) in [6.45, 7) is 2.87. The molecule has 1 saturated heterocycles. The zero-order valence-electron chi connectivity index (χ0n) is 16.1. The molecule has 7 heteroatoms. The van der Waals surface area contributed by atoms with Crippen LogP contribution in [0.5, 0.6) is 0 Å². The fraction of sp³-hybridized carbons (Fsp3) is 0.476. The van der Waals surface area contributed by atoms with E-state index in [0.717, 1.165) is 13.1 Å². The first kappa shape index (κ1) is 20.1. The number of nitrogens with zero attached hydrogens (tertiary/aromatic N) is 2. The zero-order valence-corrected chi connectivity index (χ0v) is 16.1. The molecule has 0 spiro atoms. The predicted octanol–water partition coefficient (Wildman–Crippen LogP) is 1.66. The number of rotatable bonds is 7. The van der Waals surface area contributed by atoms with Crippen LogP contribution in [-0.4, -0.2) is 40.0 Å². The van der Waals surface area contributed by atoms with Gasteiger partial charge in [-0.05, 0) is 31.5 Å². The second-order valence-electron chi connectivity index (χ2n) is 7.23. The summed E-state index contributed by atoms with van der Waals surface area (Å²) in [5.74, 6) is -0.103. The summed E-state index contributed by atoms with van der Waals surface area (Å²) >= 11 is 0. The highest BCUT2D eigenvalue weighted by Gasteiger charge is 2.22. The molecule has 1 unspecified atom stereocenters. The Hall–Kier alpha value is -2.67. The average Bonchev–Trinajstić information content (AvgIpc) is 2.98. The van der Waals surface area contributed by atoms with Crippen LogP contribution in [0.15, 0.2) is 52.2 Å². The molecule has 1 aromatic heterocycles. The molecule has 28 heavy (non-hydrogen) atoms. The number of hydrogen-bond donors (Lipinski definition) is 2. The lowest BCUT2D eigenvalue weighted by Gasteiger charge is -2.31. The number of aromatic amines is 1. The Labute approximate surface area is 164 Å². The maximum Gasteiger partial charge on any atom is 0.328 e. The van der Waals surface area contributed by atoms with Crippen molar-refractivity contribution in [2.45, 2.75) is 44.7 Å². The van der Waals surface area contributed by atoms with E-state index in [1.807, 2.05) is 18.2 Å². The Morgan fingerprint density at radius 3 is 2.43 bits per heavy atom. The van der Waals surface area contributed by atoms with E-state index >= 15 is 0 Å². The third kappa shape index (κ3) is 5.66. The Kier molecular flexibility index (Phi) is 7.19. The molecule has 1 aliphatic rings. The van der Waals surface area contributed by atoms with Gasteiger partial charge in [-0.1, -0.05) is 43.2 Å². The number of nitrogens with one attached hydrogen (secondary N) is 2. The molecule has 0 aliphatic carbocycles. The zero-order chi connectivity index (χ0) is 19.8. The van der Waals surface area contributed by atoms with Crippen molar-refractivity contribution in [2.24, 2.45) is 0 Å². The van der Waals surface area contributed by atoms with Crippen molar-refractivity contribution in [3.63, 3.8) is 0 Å². The molecule has 3 rings (SSSR count). The highest BCUT2D eigenvalue weighted by molar-refractivity contribution is 5.75. The number of hydrogen-bond acceptors (Lipinski definition) is 4. The summed E-state index contributed by atoms with van der Waals surface area (Å²) in [6.07, 6.45) is 6.50. The lowest BCUT2D eigenvalue weighted by molar-refractivity contribution is -0.121. The normalized spacial score (nSPS) is 16.3. The lowest BCUT2D eigenvalue weighted by atomic mass is 10.0. The van der Waals surface area contributed by atoms with Crippen LogP contribution >= 0.6 is 0 Å². The van der Waals surface area contributed by atoms with Gasteiger partial charge in [0, 0.05) is 31.8 Å². The number of H-pyrrole nitrogens is 1. The van der Waals surface area contributed by atoms with E-state index < -0.39 is 11.2 Å². The van der Waals surface area contributed by atoms with E-state index in [2.05, 4.69) is 27.3 Å². The summed E-state index contributed by atoms with van der Waals surface area (Å²) in [5, 5.41) is 3.03. The number of carbonyl (C=O) groups excluding carboxylic acids is 1. The van der Waals surface area contributed by atoms with Crippen LogP contribution in [0, 0.1) is 0 Å². The second-order valence-corrected chi connectivity index (χ2v) is 7.23. The van der Waals surface area contributed by atoms with Gasteiger partial charge in [-0.25, -0.2) is 4.79 Å². The van der Waals surface area contributed by atoms with Gasteiger partial charge in [-0.2, -0.15) is 0 Å². The minimum absolute atomic E-state index is 0.103. The number of benzene rings is 1. The molecule has 0 saturated carbocycles. The molecule has 2 heterocycles. The first-order valence-electron chi connectivity index (χ1n) is 9.99. The first-order valence-corrected chi connectivity index (χ1v) is 9.99. The molecule has 1 amide bonds. The Bertz CT molecular complexity index is 867. The van der Waals surface area contributed by atoms with E-state index in [9.17, 15) is 14.4 Å². The molecule has 7 nitrogen and oxygen atoms in total. The second kappa shape index (κ2) is 10.0. The van der Waals surface area contributed by atoms with Crippen LogP contribution in [0.25, 0.3) is 0 Å².